The van der Waals surface area contributed by atoms with Crippen LogP contribution in [0.25, 0.3) is 16.7 Å². The van der Waals surface area contributed by atoms with Gasteiger partial charge in [0, 0.05) is 11.7 Å². The van der Waals surface area contributed by atoms with Crippen LogP contribution in [0.5, 0.6) is 5.75 Å². The molecule has 0 bridgehead atoms. The van der Waals surface area contributed by atoms with E-state index in [4.69, 9.17) is 9.72 Å². The molecule has 0 N–H and O–H groups in total. The van der Waals surface area contributed by atoms with E-state index in [9.17, 15) is 0 Å². The highest BCUT2D eigenvalue weighted by Gasteiger charge is 2.26. The van der Waals surface area contributed by atoms with Crippen LogP contribution in [0.15, 0.2) is 60.0 Å². The van der Waals surface area contributed by atoms with Crippen LogP contribution in [0.4, 0.5) is 0 Å². The van der Waals surface area contributed by atoms with Gasteiger partial charge in [0.05, 0.1) is 23.9 Å². The van der Waals surface area contributed by atoms with E-state index in [2.05, 4.69) is 43.6 Å². The van der Waals surface area contributed by atoms with Crippen molar-refractivity contribution in [3.63, 3.8) is 0 Å². The summed E-state index contributed by atoms with van der Waals surface area (Å²) in [6, 6.07) is 16.9. The molecular weight excluding hydrogens is 358 g/mol. The van der Waals surface area contributed by atoms with Crippen LogP contribution in [0, 0.1) is 0 Å². The van der Waals surface area contributed by atoms with E-state index in [1.54, 1.807) is 18.9 Å². The Balaban J connectivity index is 1.51. The first-order chi connectivity index (χ1) is 13.3. The fraction of sp³-hybridized carbons (Fsp3) is 0.250. The quantitative estimate of drug-likeness (QED) is 0.470. The smallest absolute Gasteiger partial charge is 0.191 e. The lowest BCUT2D eigenvalue weighted by Gasteiger charge is -2.10. The number of rotatable bonds is 6. The molecule has 2 heterocycles. The highest BCUT2D eigenvalue weighted by Crippen LogP contribution is 2.38. The second-order valence-electron chi connectivity index (χ2n) is 6.59. The lowest BCUT2D eigenvalue weighted by atomic mass is 10.2. The van der Waals surface area contributed by atoms with Crippen molar-refractivity contribution in [2.45, 2.75) is 29.8 Å². The molecular formula is C20H19N5OS. The third-order valence-electron chi connectivity index (χ3n) is 4.77. The number of imidazole rings is 1. The molecule has 0 amide bonds. The average Bonchev–Trinajstić information content (AvgIpc) is 3.33. The summed E-state index contributed by atoms with van der Waals surface area (Å²) in [4.78, 5) is 4.87. The van der Waals surface area contributed by atoms with E-state index >= 15 is 0 Å². The number of hydrogen-bond acceptors (Lipinski definition) is 5. The van der Waals surface area contributed by atoms with Crippen LogP contribution >= 0.6 is 11.8 Å². The average molecular weight is 377 g/mol. The molecule has 1 aliphatic carbocycles. The molecule has 0 radical (unpaired) electrons. The molecule has 2 aromatic heterocycles. The number of para-hydroxylation sites is 2. The van der Waals surface area contributed by atoms with Crippen molar-refractivity contribution in [3.05, 3.63) is 60.7 Å². The Morgan fingerprint density at radius 3 is 2.70 bits per heavy atom. The van der Waals surface area contributed by atoms with Gasteiger partial charge in [-0.3, -0.25) is 4.57 Å². The molecule has 0 saturated heterocycles. The molecule has 0 unspecified atom stereocenters. The van der Waals surface area contributed by atoms with Crippen molar-refractivity contribution in [1.29, 1.82) is 0 Å². The summed E-state index contributed by atoms with van der Waals surface area (Å²) in [7, 11) is 1.68. The molecule has 2 aromatic carbocycles. The van der Waals surface area contributed by atoms with E-state index in [0.717, 1.165) is 39.2 Å². The summed E-state index contributed by atoms with van der Waals surface area (Å²) in [6.45, 7) is 0. The zero-order valence-electron chi connectivity index (χ0n) is 14.9. The van der Waals surface area contributed by atoms with Gasteiger partial charge >= 0.3 is 0 Å². The van der Waals surface area contributed by atoms with Gasteiger partial charge in [-0.15, -0.1) is 10.2 Å². The molecule has 27 heavy (non-hydrogen) atoms. The number of ether oxygens (including phenoxy) is 1. The van der Waals surface area contributed by atoms with Crippen LogP contribution in [0.2, 0.25) is 0 Å². The molecule has 7 heteroatoms. The van der Waals surface area contributed by atoms with Gasteiger partial charge < -0.3 is 9.30 Å². The van der Waals surface area contributed by atoms with Gasteiger partial charge in [0.1, 0.15) is 17.9 Å². The second-order valence-corrected chi connectivity index (χ2v) is 7.53. The summed E-state index contributed by atoms with van der Waals surface area (Å²) in [5.41, 5.74) is 3.17. The van der Waals surface area contributed by atoms with Crippen LogP contribution < -0.4 is 4.74 Å². The SMILES string of the molecule is COc1ccc(-n2c(CSc3nncn3C3CC3)nc3ccccc32)cc1. The summed E-state index contributed by atoms with van der Waals surface area (Å²) in [6.07, 6.45) is 4.28. The van der Waals surface area contributed by atoms with Crippen LogP contribution in [-0.4, -0.2) is 31.4 Å². The normalized spacial score (nSPS) is 14.0. The molecule has 136 valence electrons. The fourth-order valence-electron chi connectivity index (χ4n) is 3.26. The standard InChI is InChI=1S/C20H19N5OS/c1-26-16-10-8-15(9-11-16)25-18-5-3-2-4-17(18)22-19(25)12-27-20-23-21-13-24(20)14-6-7-14/h2-5,8-11,13-14H,6-7,12H2,1H3. The summed E-state index contributed by atoms with van der Waals surface area (Å²) < 4.78 is 9.69. The Morgan fingerprint density at radius 2 is 1.93 bits per heavy atom. The second kappa shape index (κ2) is 6.74. The number of thioether (sulfide) groups is 1. The van der Waals surface area contributed by atoms with Gasteiger partial charge in [-0.2, -0.15) is 0 Å². The molecule has 4 aromatic rings. The number of fused-ring (bicyclic) bond motifs is 1. The molecule has 5 rings (SSSR count). The number of benzene rings is 2. The monoisotopic (exact) mass is 377 g/mol. The summed E-state index contributed by atoms with van der Waals surface area (Å²) >= 11 is 1.69. The Kier molecular flexibility index (Phi) is 4.09. The van der Waals surface area contributed by atoms with E-state index in [1.807, 2.05) is 30.6 Å². The number of methoxy groups -OCH3 is 1. The highest BCUT2D eigenvalue weighted by atomic mass is 32.2. The molecule has 0 aliphatic heterocycles. The maximum Gasteiger partial charge on any atom is 0.191 e. The largest absolute Gasteiger partial charge is 0.497 e. The Labute approximate surface area is 161 Å². The Hall–Kier alpha value is -2.80. The van der Waals surface area contributed by atoms with Crippen molar-refractivity contribution in [3.8, 4) is 11.4 Å². The van der Waals surface area contributed by atoms with Gasteiger partial charge in [-0.1, -0.05) is 23.9 Å². The molecule has 1 aliphatic rings. The van der Waals surface area contributed by atoms with Crippen molar-refractivity contribution < 1.29 is 4.74 Å². The van der Waals surface area contributed by atoms with Gasteiger partial charge in [-0.25, -0.2) is 4.98 Å². The topological polar surface area (TPSA) is 57.8 Å². The molecule has 1 fully saturated rings. The zero-order valence-corrected chi connectivity index (χ0v) is 15.8. The Morgan fingerprint density at radius 1 is 1.11 bits per heavy atom. The van der Waals surface area contributed by atoms with Crippen LogP contribution in [0.1, 0.15) is 24.7 Å². The Bertz CT molecular complexity index is 1080. The molecule has 0 spiro atoms. The third kappa shape index (κ3) is 3.08. The predicted molar refractivity (Wildman–Crippen MR) is 105 cm³/mol. The van der Waals surface area contributed by atoms with E-state index in [-0.39, 0.29) is 0 Å². The minimum Gasteiger partial charge on any atom is -0.497 e. The van der Waals surface area contributed by atoms with E-state index in [1.165, 1.54) is 12.8 Å². The predicted octanol–water partition coefficient (Wildman–Crippen LogP) is 4.25. The third-order valence-corrected chi connectivity index (χ3v) is 5.72. The number of hydrogen-bond donors (Lipinski definition) is 0. The van der Waals surface area contributed by atoms with Gasteiger partial charge in [0.25, 0.3) is 0 Å². The lowest BCUT2D eigenvalue weighted by molar-refractivity contribution is 0.414. The number of nitrogens with zero attached hydrogens (tertiary/aromatic N) is 5. The first kappa shape index (κ1) is 16.4. The minimum atomic E-state index is 0.572. The van der Waals surface area contributed by atoms with Crippen LogP contribution in [0.3, 0.4) is 0 Å². The lowest BCUT2D eigenvalue weighted by Crippen LogP contribution is -2.01. The van der Waals surface area contributed by atoms with Gasteiger partial charge in [-0.05, 0) is 49.2 Å². The van der Waals surface area contributed by atoms with Crippen LogP contribution in [-0.2, 0) is 5.75 Å². The maximum atomic E-state index is 5.30. The van der Waals surface area contributed by atoms with Crippen molar-refractivity contribution in [2.24, 2.45) is 0 Å². The van der Waals surface area contributed by atoms with E-state index < -0.39 is 0 Å². The zero-order chi connectivity index (χ0) is 18.2. The van der Waals surface area contributed by atoms with Crippen molar-refractivity contribution in [2.75, 3.05) is 7.11 Å². The highest BCUT2D eigenvalue weighted by molar-refractivity contribution is 7.98. The first-order valence-corrected chi connectivity index (χ1v) is 9.95. The van der Waals surface area contributed by atoms with Crippen molar-refractivity contribution in [1.82, 2.24) is 24.3 Å². The minimum absolute atomic E-state index is 0.572. The van der Waals surface area contributed by atoms with E-state index in [0.29, 0.717) is 6.04 Å². The maximum absolute atomic E-state index is 5.30. The van der Waals surface area contributed by atoms with Gasteiger partial charge in [0.15, 0.2) is 5.16 Å². The summed E-state index contributed by atoms with van der Waals surface area (Å²) in [5, 5.41) is 9.35. The molecule has 6 nitrogen and oxygen atoms in total. The molecule has 0 atom stereocenters. The summed E-state index contributed by atoms with van der Waals surface area (Å²) in [5.74, 6) is 2.57. The van der Waals surface area contributed by atoms with Gasteiger partial charge in [0.2, 0.25) is 0 Å². The molecule has 1 saturated carbocycles. The van der Waals surface area contributed by atoms with Crippen molar-refractivity contribution >= 4 is 22.8 Å². The first-order valence-electron chi connectivity index (χ1n) is 8.96. The number of aromatic nitrogens is 5. The fourth-order valence-corrected chi connectivity index (χ4v) is 4.16.